The number of amides is 2. The van der Waals surface area contributed by atoms with E-state index >= 15 is 0 Å². The van der Waals surface area contributed by atoms with Crippen molar-refractivity contribution in [1.29, 1.82) is 0 Å². The maximum absolute atomic E-state index is 12.8. The molecule has 7 nitrogen and oxygen atoms in total. The minimum atomic E-state index is -3.98. The molecule has 0 atom stereocenters. The molecule has 174 valence electrons. The van der Waals surface area contributed by atoms with Crippen LogP contribution < -0.4 is 10.6 Å². The first-order valence-electron chi connectivity index (χ1n) is 9.87. The molecule has 4 aromatic rings. The third-order valence-corrected chi connectivity index (χ3v) is 8.82. The summed E-state index contributed by atoms with van der Waals surface area (Å²) in [4.78, 5) is 29.1. The highest BCUT2D eigenvalue weighted by Crippen LogP contribution is 2.29. The van der Waals surface area contributed by atoms with Gasteiger partial charge in [0.1, 0.15) is 5.75 Å². The second-order valence-electron chi connectivity index (χ2n) is 7.36. The Bertz CT molecular complexity index is 1540. The zero-order valence-corrected chi connectivity index (χ0v) is 21.6. The van der Waals surface area contributed by atoms with Gasteiger partial charge >= 0.3 is 0 Å². The molecule has 11 heteroatoms. The molecule has 0 spiro atoms. The largest absolute Gasteiger partial charge is 0.325 e. The van der Waals surface area contributed by atoms with Crippen LogP contribution in [0.2, 0.25) is 5.02 Å². The molecule has 4 rings (SSSR count). The molecule has 0 fully saturated rings. The van der Waals surface area contributed by atoms with Crippen LogP contribution >= 0.6 is 38.9 Å². The smallest absolute Gasteiger partial charge is 0.256 e. The monoisotopic (exact) mass is 577 g/mol. The minimum Gasteiger partial charge on any atom is -0.325 e. The van der Waals surface area contributed by atoms with Crippen LogP contribution in [0, 0.1) is 6.92 Å². The van der Waals surface area contributed by atoms with E-state index in [-0.39, 0.29) is 10.2 Å². The average Bonchev–Trinajstić information content (AvgIpc) is 3.21. The zero-order chi connectivity index (χ0) is 24.5. The quantitative estimate of drug-likeness (QED) is 0.306. The van der Waals surface area contributed by atoms with Crippen molar-refractivity contribution in [2.45, 2.75) is 11.3 Å². The van der Waals surface area contributed by atoms with Crippen molar-refractivity contribution in [2.24, 2.45) is 0 Å². The van der Waals surface area contributed by atoms with E-state index in [2.05, 4.69) is 31.5 Å². The molecule has 34 heavy (non-hydrogen) atoms. The maximum atomic E-state index is 12.8. The van der Waals surface area contributed by atoms with E-state index in [1.54, 1.807) is 61.5 Å². The second-order valence-corrected chi connectivity index (χ2v) is 11.8. The molecule has 2 N–H and O–H groups in total. The summed E-state index contributed by atoms with van der Waals surface area (Å²) in [6, 6.07) is 16.9. The molecule has 2 amide bonds. The third-order valence-electron chi connectivity index (χ3n) is 4.81. The van der Waals surface area contributed by atoms with Crippen molar-refractivity contribution in [2.75, 3.05) is 16.4 Å². The predicted molar refractivity (Wildman–Crippen MR) is 139 cm³/mol. The Labute approximate surface area is 213 Å². The number of hydrogen-bond donors (Lipinski definition) is 2. The Morgan fingerprint density at radius 1 is 1.06 bits per heavy atom. The van der Waals surface area contributed by atoms with Crippen molar-refractivity contribution in [3.05, 3.63) is 81.3 Å². The SMILES string of the molecule is Cc1ccc(Cl)cc1NC(=O)CS(=O)(=O)c1nc2ccc(NC(=O)c3ccccc3Br)cc2s1. The number of thiazole rings is 1. The number of carbonyl (C=O) groups excluding carboxylic acids is 2. The predicted octanol–water partition coefficient (Wildman–Crippen LogP) is 5.69. The van der Waals surface area contributed by atoms with Crippen molar-refractivity contribution >= 4 is 82.1 Å². The normalized spacial score (nSPS) is 11.4. The number of nitrogens with one attached hydrogen (secondary N) is 2. The lowest BCUT2D eigenvalue weighted by atomic mass is 10.2. The summed E-state index contributed by atoms with van der Waals surface area (Å²) in [7, 11) is -3.98. The molecule has 0 aliphatic rings. The summed E-state index contributed by atoms with van der Waals surface area (Å²) in [6.07, 6.45) is 0. The van der Waals surface area contributed by atoms with Crippen LogP contribution in [0.15, 0.2) is 69.5 Å². The van der Waals surface area contributed by atoms with Crippen molar-refractivity contribution < 1.29 is 18.0 Å². The molecule has 0 unspecified atom stereocenters. The lowest BCUT2D eigenvalue weighted by Crippen LogP contribution is -2.23. The number of carbonyl (C=O) groups is 2. The number of fused-ring (bicyclic) bond motifs is 1. The lowest BCUT2D eigenvalue weighted by Gasteiger charge is -2.08. The molecule has 1 aromatic heterocycles. The van der Waals surface area contributed by atoms with E-state index in [9.17, 15) is 18.0 Å². The zero-order valence-electron chi connectivity index (χ0n) is 17.6. The van der Waals surface area contributed by atoms with Gasteiger partial charge in [0, 0.05) is 20.9 Å². The third kappa shape index (κ3) is 5.47. The second kappa shape index (κ2) is 9.83. The standard InChI is InChI=1S/C23H17BrClN3O4S2/c1-13-6-7-14(25)10-19(13)27-21(29)12-34(31,32)23-28-18-9-8-15(11-20(18)33-23)26-22(30)16-4-2-3-5-17(16)24/h2-11H,12H2,1H3,(H,26,30)(H,27,29). The van der Waals surface area contributed by atoms with E-state index in [0.29, 0.717) is 36.7 Å². The molecule has 0 aliphatic carbocycles. The molecule has 1 heterocycles. The van der Waals surface area contributed by atoms with E-state index in [4.69, 9.17) is 11.6 Å². The van der Waals surface area contributed by atoms with E-state index in [1.165, 1.54) is 0 Å². The Balaban J connectivity index is 1.51. The van der Waals surface area contributed by atoms with Gasteiger partial charge in [-0.1, -0.05) is 29.8 Å². The fourth-order valence-electron chi connectivity index (χ4n) is 3.11. The van der Waals surface area contributed by atoms with Gasteiger partial charge in [0.25, 0.3) is 5.91 Å². The summed E-state index contributed by atoms with van der Waals surface area (Å²) in [5.74, 6) is -1.76. The van der Waals surface area contributed by atoms with Crippen LogP contribution in [-0.2, 0) is 14.6 Å². The van der Waals surface area contributed by atoms with Gasteiger partial charge < -0.3 is 10.6 Å². The molecule has 3 aromatic carbocycles. The number of benzene rings is 3. The number of anilines is 2. The Morgan fingerprint density at radius 2 is 1.82 bits per heavy atom. The first-order valence-corrected chi connectivity index (χ1v) is 13.5. The van der Waals surface area contributed by atoms with Gasteiger partial charge in [0.15, 0.2) is 0 Å². The topological polar surface area (TPSA) is 105 Å². The van der Waals surface area contributed by atoms with Gasteiger partial charge in [-0.05, 0) is 70.9 Å². The summed E-state index contributed by atoms with van der Waals surface area (Å²) in [5, 5.41) is 5.81. The van der Waals surface area contributed by atoms with Crippen molar-refractivity contribution in [3.63, 3.8) is 0 Å². The Kier molecular flexibility index (Phi) is 7.04. The highest BCUT2D eigenvalue weighted by molar-refractivity contribution is 9.10. The summed E-state index contributed by atoms with van der Waals surface area (Å²) < 4.78 is 26.7. The number of aryl methyl sites for hydroxylation is 1. The fourth-order valence-corrected chi connectivity index (χ4v) is 6.21. The maximum Gasteiger partial charge on any atom is 0.256 e. The van der Waals surface area contributed by atoms with Gasteiger partial charge in [-0.25, -0.2) is 13.4 Å². The molecule has 0 aliphatic heterocycles. The van der Waals surface area contributed by atoms with Gasteiger partial charge in [0.2, 0.25) is 20.1 Å². The van der Waals surface area contributed by atoms with Gasteiger partial charge in [-0.2, -0.15) is 0 Å². The molecule has 0 bridgehead atoms. The highest BCUT2D eigenvalue weighted by atomic mass is 79.9. The molecule has 0 saturated carbocycles. The Morgan fingerprint density at radius 3 is 2.59 bits per heavy atom. The van der Waals surface area contributed by atoms with Crippen LogP contribution in [-0.4, -0.2) is 31.0 Å². The lowest BCUT2D eigenvalue weighted by molar-refractivity contribution is -0.113. The molecular weight excluding hydrogens is 562 g/mol. The summed E-state index contributed by atoms with van der Waals surface area (Å²) >= 11 is 10.2. The first kappa shape index (κ1) is 24.3. The van der Waals surface area contributed by atoms with Crippen LogP contribution in [0.25, 0.3) is 10.2 Å². The number of sulfone groups is 1. The van der Waals surface area contributed by atoms with Gasteiger partial charge in [-0.15, -0.1) is 11.3 Å². The molecule has 0 saturated heterocycles. The number of halogens is 2. The van der Waals surface area contributed by atoms with Crippen LogP contribution in [0.1, 0.15) is 15.9 Å². The minimum absolute atomic E-state index is 0.172. The van der Waals surface area contributed by atoms with Crippen LogP contribution in [0.5, 0.6) is 0 Å². The fraction of sp³-hybridized carbons (Fsp3) is 0.0870. The summed E-state index contributed by atoms with van der Waals surface area (Å²) in [5.41, 5.74) is 2.62. The van der Waals surface area contributed by atoms with Crippen LogP contribution in [0.3, 0.4) is 0 Å². The average molecular weight is 579 g/mol. The molecular formula is C23H17BrClN3O4S2. The van der Waals surface area contributed by atoms with E-state index in [1.807, 2.05) is 6.07 Å². The number of hydrogen-bond acceptors (Lipinski definition) is 6. The van der Waals surface area contributed by atoms with E-state index < -0.39 is 21.5 Å². The van der Waals surface area contributed by atoms with E-state index in [0.717, 1.165) is 16.9 Å². The summed E-state index contributed by atoms with van der Waals surface area (Å²) in [6.45, 7) is 1.78. The Hall–Kier alpha value is -2.79. The number of nitrogens with zero attached hydrogens (tertiary/aromatic N) is 1. The van der Waals surface area contributed by atoms with Crippen molar-refractivity contribution in [1.82, 2.24) is 4.98 Å². The number of rotatable bonds is 6. The van der Waals surface area contributed by atoms with Gasteiger partial charge in [0.05, 0.1) is 15.8 Å². The van der Waals surface area contributed by atoms with Crippen LogP contribution in [0.4, 0.5) is 11.4 Å². The highest BCUT2D eigenvalue weighted by Gasteiger charge is 2.24. The van der Waals surface area contributed by atoms with Gasteiger partial charge in [-0.3, -0.25) is 9.59 Å². The first-order chi connectivity index (χ1) is 16.1. The number of aromatic nitrogens is 1. The molecule has 0 radical (unpaired) electrons. The van der Waals surface area contributed by atoms with Crippen molar-refractivity contribution in [3.8, 4) is 0 Å².